The minimum atomic E-state index is 0.525. The highest BCUT2D eigenvalue weighted by molar-refractivity contribution is 6.11. The normalized spacial score (nSPS) is 11.0. The van der Waals surface area contributed by atoms with E-state index in [1.807, 2.05) is 66.7 Å². The number of hydrogen-bond donors (Lipinski definition) is 0. The Balaban J connectivity index is 1.35. The van der Waals surface area contributed by atoms with E-state index in [2.05, 4.69) is 94.1 Å². The van der Waals surface area contributed by atoms with Gasteiger partial charge in [0.1, 0.15) is 0 Å². The first-order chi connectivity index (χ1) is 25.6. The van der Waals surface area contributed by atoms with Crippen molar-refractivity contribution in [3.05, 3.63) is 168 Å². The van der Waals surface area contributed by atoms with Gasteiger partial charge in [-0.05, 0) is 114 Å². The maximum Gasteiger partial charge on any atom is 0.0998 e. The topological polar surface area (TPSA) is 105 Å². The molecule has 0 N–H and O–H groups in total. The van der Waals surface area contributed by atoms with Crippen LogP contribution in [0.1, 0.15) is 22.3 Å². The molecule has 0 aliphatic rings. The van der Waals surface area contributed by atoms with E-state index in [1.54, 1.807) is 18.2 Å². The van der Waals surface area contributed by atoms with Crippen LogP contribution >= 0.6 is 0 Å². The summed E-state index contributed by atoms with van der Waals surface area (Å²) in [5.74, 6) is 0. The molecule has 238 valence electrons. The molecule has 0 spiro atoms. The summed E-state index contributed by atoms with van der Waals surface area (Å²) in [5, 5.41) is 43.8. The molecule has 0 bridgehead atoms. The summed E-state index contributed by atoms with van der Waals surface area (Å²) in [5.41, 5.74) is 11.1. The lowest BCUT2D eigenvalue weighted by Crippen LogP contribution is -1.98. The minimum absolute atomic E-state index is 0.525. The number of nitriles is 4. The molecule has 0 unspecified atom stereocenters. The van der Waals surface area contributed by atoms with Crippen molar-refractivity contribution < 1.29 is 0 Å². The van der Waals surface area contributed by atoms with Crippen LogP contribution in [0.2, 0.25) is 0 Å². The van der Waals surface area contributed by atoms with Crippen LogP contribution in [0.25, 0.3) is 77.2 Å². The standard InChI is InChI=1S/C46H24N6/c47-25-29-6-5-7-32(18-29)34-21-35(23-37(22-34)52-45-16-12-30(26-48)19-41(45)42-20-31(27-49)13-17-46(42)52)40-24-36(15-14-33(40)28-50)51-43-10-3-1-8-38(43)39-9-2-4-11-44(39)51/h1-24H. The molecule has 0 saturated carbocycles. The van der Waals surface area contributed by atoms with E-state index in [-0.39, 0.29) is 0 Å². The van der Waals surface area contributed by atoms with E-state index in [0.29, 0.717) is 22.3 Å². The molecule has 2 heterocycles. The van der Waals surface area contributed by atoms with E-state index in [0.717, 1.165) is 77.2 Å². The molecule has 0 amide bonds. The Kier molecular flexibility index (Phi) is 6.91. The zero-order valence-electron chi connectivity index (χ0n) is 27.5. The second-order valence-corrected chi connectivity index (χ2v) is 12.7. The molecule has 6 nitrogen and oxygen atoms in total. The first-order valence-electron chi connectivity index (χ1n) is 16.7. The van der Waals surface area contributed by atoms with Gasteiger partial charge in [-0.2, -0.15) is 21.0 Å². The molecule has 9 aromatic rings. The Labute approximate surface area is 298 Å². The molecule has 52 heavy (non-hydrogen) atoms. The molecule has 0 saturated heterocycles. The first kappa shape index (κ1) is 30.2. The smallest absolute Gasteiger partial charge is 0.0998 e. The van der Waals surface area contributed by atoms with E-state index >= 15 is 0 Å². The molecule has 7 aromatic carbocycles. The van der Waals surface area contributed by atoms with Crippen molar-refractivity contribution in [2.45, 2.75) is 0 Å². The highest BCUT2D eigenvalue weighted by Gasteiger charge is 2.19. The van der Waals surface area contributed by atoms with Gasteiger partial charge in [0.05, 0.1) is 68.6 Å². The Hall–Kier alpha value is -7.90. The lowest BCUT2D eigenvalue weighted by molar-refractivity contribution is 1.17. The summed E-state index contributed by atoms with van der Waals surface area (Å²) < 4.78 is 4.37. The van der Waals surface area contributed by atoms with E-state index in [4.69, 9.17) is 0 Å². The van der Waals surface area contributed by atoms with Crippen LogP contribution < -0.4 is 0 Å². The van der Waals surface area contributed by atoms with Gasteiger partial charge in [0, 0.05) is 38.5 Å². The van der Waals surface area contributed by atoms with Crippen molar-refractivity contribution in [3.63, 3.8) is 0 Å². The second kappa shape index (κ2) is 11.9. The molecular formula is C46H24N6. The van der Waals surface area contributed by atoms with Gasteiger partial charge in [0.15, 0.2) is 0 Å². The minimum Gasteiger partial charge on any atom is -0.309 e. The van der Waals surface area contributed by atoms with Crippen molar-refractivity contribution in [1.82, 2.24) is 9.13 Å². The number of benzene rings is 7. The quantitative estimate of drug-likeness (QED) is 0.187. The SMILES string of the molecule is N#Cc1cccc(-c2cc(-c3cc(-n4c5ccccc5c5ccccc54)ccc3C#N)cc(-n3c4ccc(C#N)cc4c4cc(C#N)ccc43)c2)c1. The fraction of sp³-hybridized carbons (Fsp3) is 0. The lowest BCUT2D eigenvalue weighted by Gasteiger charge is -2.16. The van der Waals surface area contributed by atoms with Crippen molar-refractivity contribution >= 4 is 43.6 Å². The van der Waals surface area contributed by atoms with Gasteiger partial charge in [-0.25, -0.2) is 0 Å². The average molecular weight is 661 g/mol. The van der Waals surface area contributed by atoms with Crippen LogP contribution in [0.5, 0.6) is 0 Å². The fourth-order valence-electron chi connectivity index (χ4n) is 7.48. The molecule has 0 aliphatic carbocycles. The Morgan fingerprint density at radius 1 is 0.346 bits per heavy atom. The zero-order valence-corrected chi connectivity index (χ0v) is 27.5. The molecule has 0 aliphatic heterocycles. The largest absolute Gasteiger partial charge is 0.309 e. The monoisotopic (exact) mass is 660 g/mol. The summed E-state index contributed by atoms with van der Waals surface area (Å²) in [6, 6.07) is 56.8. The van der Waals surface area contributed by atoms with Gasteiger partial charge in [-0.15, -0.1) is 0 Å². The summed E-state index contributed by atoms with van der Waals surface area (Å²) in [7, 11) is 0. The van der Waals surface area contributed by atoms with Crippen LogP contribution in [0, 0.1) is 45.3 Å². The van der Waals surface area contributed by atoms with Gasteiger partial charge in [0.2, 0.25) is 0 Å². The summed E-state index contributed by atoms with van der Waals surface area (Å²) in [6.45, 7) is 0. The Bertz CT molecular complexity index is 3010. The first-order valence-corrected chi connectivity index (χ1v) is 16.7. The summed E-state index contributed by atoms with van der Waals surface area (Å²) in [4.78, 5) is 0. The fourth-order valence-corrected chi connectivity index (χ4v) is 7.48. The Morgan fingerprint density at radius 2 is 0.904 bits per heavy atom. The van der Waals surface area contributed by atoms with Gasteiger partial charge in [-0.3, -0.25) is 0 Å². The van der Waals surface area contributed by atoms with Crippen LogP contribution in [0.4, 0.5) is 0 Å². The van der Waals surface area contributed by atoms with Gasteiger partial charge >= 0.3 is 0 Å². The average Bonchev–Trinajstić information content (AvgIpc) is 3.72. The number of rotatable bonds is 4. The zero-order chi connectivity index (χ0) is 35.3. The van der Waals surface area contributed by atoms with Gasteiger partial charge < -0.3 is 9.13 Å². The number of aromatic nitrogens is 2. The summed E-state index contributed by atoms with van der Waals surface area (Å²) in [6.07, 6.45) is 0. The molecule has 0 radical (unpaired) electrons. The molecule has 2 aromatic heterocycles. The third-order valence-electron chi connectivity index (χ3n) is 9.80. The molecule has 0 atom stereocenters. The van der Waals surface area contributed by atoms with E-state index in [9.17, 15) is 21.0 Å². The molecule has 9 rings (SSSR count). The predicted octanol–water partition coefficient (Wildman–Crippen LogP) is 10.7. The van der Waals surface area contributed by atoms with Gasteiger partial charge in [0.25, 0.3) is 0 Å². The molecule has 6 heteroatoms. The number of hydrogen-bond acceptors (Lipinski definition) is 4. The maximum atomic E-state index is 10.5. The molecule has 0 fully saturated rings. The highest BCUT2D eigenvalue weighted by atomic mass is 15.0. The van der Waals surface area contributed by atoms with Gasteiger partial charge in [-0.1, -0.05) is 48.5 Å². The van der Waals surface area contributed by atoms with Crippen LogP contribution in [-0.2, 0) is 0 Å². The van der Waals surface area contributed by atoms with Crippen molar-refractivity contribution in [2.75, 3.05) is 0 Å². The number of fused-ring (bicyclic) bond motifs is 6. The molecular weight excluding hydrogens is 637 g/mol. The third kappa shape index (κ3) is 4.69. The number of nitrogens with zero attached hydrogens (tertiary/aromatic N) is 6. The predicted molar refractivity (Wildman–Crippen MR) is 205 cm³/mol. The number of para-hydroxylation sites is 2. The maximum absolute atomic E-state index is 10.5. The van der Waals surface area contributed by atoms with Crippen LogP contribution in [0.3, 0.4) is 0 Å². The third-order valence-corrected chi connectivity index (χ3v) is 9.80. The lowest BCUT2D eigenvalue weighted by atomic mass is 9.94. The van der Waals surface area contributed by atoms with E-state index in [1.165, 1.54) is 0 Å². The van der Waals surface area contributed by atoms with E-state index < -0.39 is 0 Å². The van der Waals surface area contributed by atoms with Crippen molar-refractivity contribution in [1.29, 1.82) is 21.0 Å². The van der Waals surface area contributed by atoms with Crippen LogP contribution in [-0.4, -0.2) is 9.13 Å². The highest BCUT2D eigenvalue weighted by Crippen LogP contribution is 2.39. The van der Waals surface area contributed by atoms with Crippen molar-refractivity contribution in [3.8, 4) is 57.9 Å². The van der Waals surface area contributed by atoms with Crippen LogP contribution in [0.15, 0.2) is 146 Å². The summed E-state index contributed by atoms with van der Waals surface area (Å²) >= 11 is 0. The second-order valence-electron chi connectivity index (χ2n) is 12.7. The van der Waals surface area contributed by atoms with Crippen molar-refractivity contribution in [2.24, 2.45) is 0 Å². The Morgan fingerprint density at radius 3 is 1.52 bits per heavy atom.